The average Bonchev–Trinajstić information content (AvgIpc) is 3.22. The third-order valence-electron chi connectivity index (χ3n) is 4.64. The van der Waals surface area contributed by atoms with Crippen molar-refractivity contribution >= 4 is 28.6 Å². The molecule has 1 atom stereocenters. The first-order valence-corrected chi connectivity index (χ1v) is 10.1. The fourth-order valence-corrected chi connectivity index (χ4v) is 4.12. The molecular formula is C20H21N3O4S. The van der Waals surface area contributed by atoms with Gasteiger partial charge in [0, 0.05) is 13.1 Å². The van der Waals surface area contributed by atoms with Crippen molar-refractivity contribution in [3.8, 4) is 0 Å². The summed E-state index contributed by atoms with van der Waals surface area (Å²) >= 11 is 1.28. The third kappa shape index (κ3) is 3.98. The molecule has 1 unspecified atom stereocenters. The van der Waals surface area contributed by atoms with Crippen molar-refractivity contribution in [1.29, 1.82) is 0 Å². The maximum atomic E-state index is 13.0. The SMILES string of the molecule is CC1CN(C(=O)CSc2nc3ccccc3c(=O)n2Cc2ccco2)CCO1. The van der Waals surface area contributed by atoms with Gasteiger partial charge in [0.1, 0.15) is 5.76 Å². The van der Waals surface area contributed by atoms with Gasteiger partial charge in [-0.15, -0.1) is 0 Å². The third-order valence-corrected chi connectivity index (χ3v) is 5.60. The Morgan fingerprint density at radius 2 is 2.14 bits per heavy atom. The second-order valence-corrected chi connectivity index (χ2v) is 7.63. The number of nitrogens with zero attached hydrogens (tertiary/aromatic N) is 3. The number of para-hydroxylation sites is 1. The number of carbonyl (C=O) groups is 1. The molecule has 0 radical (unpaired) electrons. The second kappa shape index (κ2) is 8.20. The number of aromatic nitrogens is 2. The molecule has 7 nitrogen and oxygen atoms in total. The lowest BCUT2D eigenvalue weighted by Crippen LogP contribution is -2.45. The van der Waals surface area contributed by atoms with Gasteiger partial charge in [-0.25, -0.2) is 4.98 Å². The number of morpholine rings is 1. The van der Waals surface area contributed by atoms with Gasteiger partial charge < -0.3 is 14.1 Å². The smallest absolute Gasteiger partial charge is 0.262 e. The van der Waals surface area contributed by atoms with Crippen LogP contribution in [0.5, 0.6) is 0 Å². The molecule has 1 saturated heterocycles. The summed E-state index contributed by atoms with van der Waals surface area (Å²) in [5, 5.41) is 1.06. The van der Waals surface area contributed by atoms with E-state index in [0.29, 0.717) is 41.5 Å². The number of ether oxygens (including phenoxy) is 1. The average molecular weight is 399 g/mol. The van der Waals surface area contributed by atoms with Crippen molar-refractivity contribution in [3.63, 3.8) is 0 Å². The van der Waals surface area contributed by atoms with Crippen LogP contribution in [-0.4, -0.2) is 51.9 Å². The summed E-state index contributed by atoms with van der Waals surface area (Å²) in [6, 6.07) is 10.8. The van der Waals surface area contributed by atoms with E-state index in [9.17, 15) is 9.59 Å². The first kappa shape index (κ1) is 18.8. The van der Waals surface area contributed by atoms with Crippen molar-refractivity contribution in [1.82, 2.24) is 14.5 Å². The van der Waals surface area contributed by atoms with Crippen LogP contribution in [-0.2, 0) is 16.1 Å². The van der Waals surface area contributed by atoms with Crippen LogP contribution in [0.15, 0.2) is 57.0 Å². The van der Waals surface area contributed by atoms with Crippen LogP contribution in [0.2, 0.25) is 0 Å². The predicted octanol–water partition coefficient (Wildman–Crippen LogP) is 2.38. The molecule has 8 heteroatoms. The van der Waals surface area contributed by atoms with Crippen molar-refractivity contribution < 1.29 is 13.9 Å². The number of rotatable bonds is 5. The summed E-state index contributed by atoms with van der Waals surface area (Å²) in [5.74, 6) is 0.900. The van der Waals surface area contributed by atoms with Crippen LogP contribution in [0, 0.1) is 0 Å². The summed E-state index contributed by atoms with van der Waals surface area (Å²) in [6.45, 7) is 3.96. The van der Waals surface area contributed by atoms with Gasteiger partial charge >= 0.3 is 0 Å². The van der Waals surface area contributed by atoms with Gasteiger partial charge in [-0.05, 0) is 31.2 Å². The van der Waals surface area contributed by atoms with Gasteiger partial charge in [-0.1, -0.05) is 23.9 Å². The van der Waals surface area contributed by atoms with E-state index in [0.717, 1.165) is 0 Å². The summed E-state index contributed by atoms with van der Waals surface area (Å²) in [4.78, 5) is 32.1. The molecule has 0 saturated carbocycles. The highest BCUT2D eigenvalue weighted by Crippen LogP contribution is 2.20. The highest BCUT2D eigenvalue weighted by molar-refractivity contribution is 7.99. The fraction of sp³-hybridized carbons (Fsp3) is 0.350. The van der Waals surface area contributed by atoms with E-state index >= 15 is 0 Å². The molecule has 1 aliphatic rings. The zero-order chi connectivity index (χ0) is 19.5. The Labute approximate surface area is 166 Å². The van der Waals surface area contributed by atoms with E-state index in [1.54, 1.807) is 27.9 Å². The molecule has 2 aromatic heterocycles. The van der Waals surface area contributed by atoms with Crippen molar-refractivity contribution in [2.24, 2.45) is 0 Å². The van der Waals surface area contributed by atoms with E-state index in [4.69, 9.17) is 9.15 Å². The Bertz CT molecular complexity index is 1030. The van der Waals surface area contributed by atoms with Crippen LogP contribution in [0.3, 0.4) is 0 Å². The van der Waals surface area contributed by atoms with Crippen LogP contribution in [0.25, 0.3) is 10.9 Å². The molecular weight excluding hydrogens is 378 g/mol. The minimum absolute atomic E-state index is 0.0205. The lowest BCUT2D eigenvalue weighted by atomic mass is 10.2. The summed E-state index contributed by atoms with van der Waals surface area (Å²) < 4.78 is 12.5. The molecule has 4 rings (SSSR count). The molecule has 146 valence electrons. The Balaban J connectivity index is 1.61. The van der Waals surface area contributed by atoms with Crippen LogP contribution < -0.4 is 5.56 Å². The maximum absolute atomic E-state index is 13.0. The van der Waals surface area contributed by atoms with E-state index in [2.05, 4.69) is 4.98 Å². The maximum Gasteiger partial charge on any atom is 0.262 e. The predicted molar refractivity (Wildman–Crippen MR) is 107 cm³/mol. The number of amides is 1. The zero-order valence-electron chi connectivity index (χ0n) is 15.5. The number of hydrogen-bond donors (Lipinski definition) is 0. The van der Waals surface area contributed by atoms with E-state index in [1.165, 1.54) is 11.8 Å². The number of furan rings is 1. The first-order chi connectivity index (χ1) is 13.6. The van der Waals surface area contributed by atoms with Gasteiger partial charge in [-0.2, -0.15) is 0 Å². The number of carbonyl (C=O) groups excluding carboxylic acids is 1. The topological polar surface area (TPSA) is 77.6 Å². The molecule has 3 aromatic rings. The Kier molecular flexibility index (Phi) is 5.50. The van der Waals surface area contributed by atoms with Crippen LogP contribution >= 0.6 is 11.8 Å². The number of benzene rings is 1. The monoisotopic (exact) mass is 399 g/mol. The first-order valence-electron chi connectivity index (χ1n) is 9.16. The van der Waals surface area contributed by atoms with Gasteiger partial charge in [0.2, 0.25) is 5.91 Å². The van der Waals surface area contributed by atoms with E-state index in [1.807, 2.05) is 31.2 Å². The van der Waals surface area contributed by atoms with Crippen molar-refractivity contribution in [3.05, 3.63) is 58.8 Å². The van der Waals surface area contributed by atoms with Gasteiger partial charge in [0.15, 0.2) is 5.16 Å². The molecule has 3 heterocycles. The zero-order valence-corrected chi connectivity index (χ0v) is 16.4. The molecule has 0 N–H and O–H groups in total. The highest BCUT2D eigenvalue weighted by Gasteiger charge is 2.22. The Morgan fingerprint density at radius 3 is 2.93 bits per heavy atom. The molecule has 0 spiro atoms. The van der Waals surface area contributed by atoms with Crippen molar-refractivity contribution in [2.75, 3.05) is 25.4 Å². The number of thioether (sulfide) groups is 1. The van der Waals surface area contributed by atoms with Crippen molar-refractivity contribution in [2.45, 2.75) is 24.7 Å². The molecule has 0 aliphatic carbocycles. The fourth-order valence-electron chi connectivity index (χ4n) is 3.22. The minimum Gasteiger partial charge on any atom is -0.467 e. The van der Waals surface area contributed by atoms with Gasteiger partial charge in [0.05, 0.1) is 42.2 Å². The molecule has 1 amide bonds. The minimum atomic E-state index is -0.142. The second-order valence-electron chi connectivity index (χ2n) is 6.69. The Morgan fingerprint density at radius 1 is 1.29 bits per heavy atom. The van der Waals surface area contributed by atoms with E-state index in [-0.39, 0.29) is 29.9 Å². The Hall–Kier alpha value is -2.58. The van der Waals surface area contributed by atoms with Crippen LogP contribution in [0.4, 0.5) is 0 Å². The highest BCUT2D eigenvalue weighted by atomic mass is 32.2. The lowest BCUT2D eigenvalue weighted by Gasteiger charge is -2.31. The normalized spacial score (nSPS) is 17.2. The van der Waals surface area contributed by atoms with E-state index < -0.39 is 0 Å². The number of fused-ring (bicyclic) bond motifs is 1. The standard InChI is InChI=1S/C20H21N3O4S/c1-14-11-22(8-10-26-14)18(24)13-28-20-21-17-7-3-2-6-16(17)19(25)23(20)12-15-5-4-9-27-15/h2-7,9,14H,8,10-13H2,1H3. The quantitative estimate of drug-likeness (QED) is 0.484. The summed E-state index contributed by atoms with van der Waals surface area (Å²) in [6.07, 6.45) is 1.61. The van der Waals surface area contributed by atoms with Gasteiger partial charge in [0.25, 0.3) is 5.56 Å². The molecule has 28 heavy (non-hydrogen) atoms. The summed E-state index contributed by atoms with van der Waals surface area (Å²) in [5.41, 5.74) is 0.482. The summed E-state index contributed by atoms with van der Waals surface area (Å²) in [7, 11) is 0. The van der Waals surface area contributed by atoms with Crippen LogP contribution in [0.1, 0.15) is 12.7 Å². The molecule has 1 fully saturated rings. The largest absolute Gasteiger partial charge is 0.467 e. The molecule has 1 aromatic carbocycles. The lowest BCUT2D eigenvalue weighted by molar-refractivity contribution is -0.135. The molecule has 0 bridgehead atoms. The molecule has 1 aliphatic heterocycles. The van der Waals surface area contributed by atoms with Gasteiger partial charge in [-0.3, -0.25) is 14.2 Å². The number of hydrogen-bond acceptors (Lipinski definition) is 6.